The molecular formula is C18H26ClN3O4. The summed E-state index contributed by atoms with van der Waals surface area (Å²) in [4.78, 5) is 30.2. The number of carbonyl (C=O) groups is 1. The van der Waals surface area contributed by atoms with E-state index in [4.69, 9.17) is 16.3 Å². The molecule has 1 aliphatic heterocycles. The fourth-order valence-corrected chi connectivity index (χ4v) is 4.07. The molecule has 1 atom stereocenters. The molecule has 1 aromatic rings. The number of hydrogen-bond donors (Lipinski definition) is 1. The first-order valence-corrected chi connectivity index (χ1v) is 9.34. The molecule has 2 fully saturated rings. The molecule has 2 aliphatic rings. The monoisotopic (exact) mass is 383 g/mol. The lowest BCUT2D eigenvalue weighted by molar-refractivity contribution is -0.177. The first-order valence-electron chi connectivity index (χ1n) is 8.96. The molecule has 2 heterocycles. The standard InChI is InChI=1S/C18H26ClN3O4/c1-16(2,3)26-15(24)21-8-7-18(25,17(10-21)5-4-6-17)11-22-12-20-13(19)9-14(22)23/h9,12,25H,4-8,10-11H2,1-3H3. The Morgan fingerprint density at radius 1 is 1.38 bits per heavy atom. The molecule has 0 radical (unpaired) electrons. The molecule has 1 N–H and O–H groups in total. The van der Waals surface area contributed by atoms with Gasteiger partial charge < -0.3 is 14.7 Å². The van der Waals surface area contributed by atoms with Gasteiger partial charge in [-0.2, -0.15) is 0 Å². The fraction of sp³-hybridized carbons (Fsp3) is 0.722. The molecule has 0 bridgehead atoms. The normalized spacial score (nSPS) is 25.0. The van der Waals surface area contributed by atoms with Crippen LogP contribution >= 0.6 is 11.6 Å². The third-order valence-corrected chi connectivity index (χ3v) is 5.72. The molecule has 1 spiro atoms. The Morgan fingerprint density at radius 2 is 2.08 bits per heavy atom. The second-order valence-electron chi connectivity index (χ2n) is 8.50. The van der Waals surface area contributed by atoms with Crippen molar-refractivity contribution in [1.29, 1.82) is 0 Å². The number of amides is 1. The van der Waals surface area contributed by atoms with Crippen molar-refractivity contribution in [2.45, 2.75) is 64.2 Å². The van der Waals surface area contributed by atoms with E-state index in [1.807, 2.05) is 20.8 Å². The average Bonchev–Trinajstić information content (AvgIpc) is 2.47. The van der Waals surface area contributed by atoms with Crippen LogP contribution in [0.2, 0.25) is 5.15 Å². The second kappa shape index (κ2) is 6.53. The van der Waals surface area contributed by atoms with Crippen LogP contribution in [0.4, 0.5) is 4.79 Å². The molecule has 1 amide bonds. The maximum absolute atomic E-state index is 12.4. The molecule has 26 heavy (non-hydrogen) atoms. The van der Waals surface area contributed by atoms with Gasteiger partial charge in [0.1, 0.15) is 10.8 Å². The highest BCUT2D eigenvalue weighted by Gasteiger charge is 2.58. The number of ether oxygens (including phenoxy) is 1. The van der Waals surface area contributed by atoms with Gasteiger partial charge in [0.2, 0.25) is 0 Å². The Labute approximate surface area is 157 Å². The maximum Gasteiger partial charge on any atom is 0.410 e. The average molecular weight is 384 g/mol. The Balaban J connectivity index is 1.79. The van der Waals surface area contributed by atoms with Crippen LogP contribution < -0.4 is 5.56 Å². The van der Waals surface area contributed by atoms with Gasteiger partial charge in [0.25, 0.3) is 5.56 Å². The summed E-state index contributed by atoms with van der Waals surface area (Å²) in [6, 6.07) is 1.24. The van der Waals surface area contributed by atoms with Gasteiger partial charge in [0.15, 0.2) is 0 Å². The predicted molar refractivity (Wildman–Crippen MR) is 97.2 cm³/mol. The Kier molecular flexibility index (Phi) is 4.82. The summed E-state index contributed by atoms with van der Waals surface area (Å²) in [5.74, 6) is 0. The van der Waals surface area contributed by atoms with Gasteiger partial charge in [0, 0.05) is 24.6 Å². The van der Waals surface area contributed by atoms with Gasteiger partial charge in [-0.25, -0.2) is 9.78 Å². The van der Waals surface area contributed by atoms with E-state index in [-0.39, 0.29) is 23.4 Å². The number of nitrogens with zero attached hydrogens (tertiary/aromatic N) is 3. The summed E-state index contributed by atoms with van der Waals surface area (Å²) in [6.45, 7) is 6.49. The largest absolute Gasteiger partial charge is 0.444 e. The second-order valence-corrected chi connectivity index (χ2v) is 8.88. The molecule has 1 aliphatic carbocycles. The highest BCUT2D eigenvalue weighted by Crippen LogP contribution is 2.54. The topological polar surface area (TPSA) is 84.7 Å². The highest BCUT2D eigenvalue weighted by atomic mass is 35.5. The highest BCUT2D eigenvalue weighted by molar-refractivity contribution is 6.29. The SMILES string of the molecule is CC(C)(C)OC(=O)N1CCC(O)(Cn2cnc(Cl)cc2=O)C2(CCC2)C1. The van der Waals surface area contributed by atoms with Crippen LogP contribution in [0.15, 0.2) is 17.2 Å². The smallest absolute Gasteiger partial charge is 0.410 e. The summed E-state index contributed by atoms with van der Waals surface area (Å²) in [6.07, 6.45) is 4.04. The number of halogens is 1. The number of aliphatic hydroxyl groups is 1. The lowest BCUT2D eigenvalue weighted by Gasteiger charge is -2.58. The molecule has 1 saturated carbocycles. The minimum absolute atomic E-state index is 0.136. The summed E-state index contributed by atoms with van der Waals surface area (Å²) < 4.78 is 6.88. The lowest BCUT2D eigenvalue weighted by Crippen LogP contribution is -2.65. The van der Waals surface area contributed by atoms with Crippen molar-refractivity contribution >= 4 is 17.7 Å². The van der Waals surface area contributed by atoms with Crippen molar-refractivity contribution in [3.05, 3.63) is 27.9 Å². The quantitative estimate of drug-likeness (QED) is 0.793. The number of likely N-dealkylation sites (tertiary alicyclic amines) is 1. The van der Waals surface area contributed by atoms with Gasteiger partial charge in [-0.1, -0.05) is 18.0 Å². The third kappa shape index (κ3) is 3.60. The molecule has 8 heteroatoms. The van der Waals surface area contributed by atoms with Crippen molar-refractivity contribution in [3.8, 4) is 0 Å². The van der Waals surface area contributed by atoms with Crippen molar-refractivity contribution < 1.29 is 14.6 Å². The lowest BCUT2D eigenvalue weighted by atomic mass is 9.55. The van der Waals surface area contributed by atoms with E-state index in [0.717, 1.165) is 19.3 Å². The van der Waals surface area contributed by atoms with Gasteiger partial charge in [-0.3, -0.25) is 9.36 Å². The van der Waals surface area contributed by atoms with E-state index >= 15 is 0 Å². The molecule has 144 valence electrons. The molecule has 0 aromatic carbocycles. The van der Waals surface area contributed by atoms with Crippen LogP contribution in [-0.4, -0.2) is 49.9 Å². The van der Waals surface area contributed by atoms with Crippen LogP contribution in [0.3, 0.4) is 0 Å². The van der Waals surface area contributed by atoms with Crippen LogP contribution in [0.1, 0.15) is 46.5 Å². The number of piperidine rings is 1. The zero-order valence-electron chi connectivity index (χ0n) is 15.5. The van der Waals surface area contributed by atoms with E-state index in [9.17, 15) is 14.7 Å². The van der Waals surface area contributed by atoms with Crippen molar-refractivity contribution in [2.24, 2.45) is 5.41 Å². The minimum atomic E-state index is -1.07. The van der Waals surface area contributed by atoms with Crippen LogP contribution in [0.25, 0.3) is 0 Å². The Bertz CT molecular complexity index is 754. The molecule has 1 aromatic heterocycles. The van der Waals surface area contributed by atoms with Gasteiger partial charge in [-0.05, 0) is 40.0 Å². The first kappa shape index (κ1) is 19.2. The van der Waals surface area contributed by atoms with E-state index in [2.05, 4.69) is 4.98 Å². The zero-order chi connectivity index (χ0) is 19.2. The summed E-state index contributed by atoms with van der Waals surface area (Å²) in [7, 11) is 0. The number of rotatable bonds is 2. The number of carbonyl (C=O) groups excluding carboxylic acids is 1. The summed E-state index contributed by atoms with van der Waals surface area (Å²) >= 11 is 5.75. The van der Waals surface area contributed by atoms with E-state index in [0.29, 0.717) is 19.5 Å². The summed E-state index contributed by atoms with van der Waals surface area (Å²) in [5.41, 5.74) is -2.33. The van der Waals surface area contributed by atoms with Gasteiger partial charge in [0.05, 0.1) is 18.5 Å². The molecule has 3 rings (SSSR count). The Hall–Kier alpha value is -1.60. The molecule has 1 unspecified atom stereocenters. The number of aromatic nitrogens is 2. The first-order chi connectivity index (χ1) is 12.0. The van der Waals surface area contributed by atoms with E-state index < -0.39 is 16.6 Å². The molecule has 1 saturated heterocycles. The summed E-state index contributed by atoms with van der Waals surface area (Å²) in [5, 5.41) is 11.6. The van der Waals surface area contributed by atoms with Crippen LogP contribution in [0.5, 0.6) is 0 Å². The van der Waals surface area contributed by atoms with Gasteiger partial charge >= 0.3 is 6.09 Å². The predicted octanol–water partition coefficient (Wildman–Crippen LogP) is 2.44. The minimum Gasteiger partial charge on any atom is -0.444 e. The van der Waals surface area contributed by atoms with E-state index in [1.165, 1.54) is 17.0 Å². The molecular weight excluding hydrogens is 358 g/mol. The van der Waals surface area contributed by atoms with Crippen molar-refractivity contribution in [2.75, 3.05) is 13.1 Å². The van der Waals surface area contributed by atoms with Crippen LogP contribution in [-0.2, 0) is 11.3 Å². The number of hydrogen-bond acceptors (Lipinski definition) is 5. The Morgan fingerprint density at radius 3 is 2.62 bits per heavy atom. The van der Waals surface area contributed by atoms with Crippen molar-refractivity contribution in [3.63, 3.8) is 0 Å². The van der Waals surface area contributed by atoms with Crippen LogP contribution in [0, 0.1) is 5.41 Å². The van der Waals surface area contributed by atoms with E-state index in [1.54, 1.807) is 4.90 Å². The van der Waals surface area contributed by atoms with Crippen molar-refractivity contribution in [1.82, 2.24) is 14.5 Å². The zero-order valence-corrected chi connectivity index (χ0v) is 16.3. The fourth-order valence-electron chi connectivity index (χ4n) is 3.94. The third-order valence-electron chi connectivity index (χ3n) is 5.52. The maximum atomic E-state index is 12.4. The van der Waals surface area contributed by atoms with Gasteiger partial charge in [-0.15, -0.1) is 0 Å². The molecule has 7 nitrogen and oxygen atoms in total.